The fourth-order valence-electron chi connectivity index (χ4n) is 1.86. The average molecular weight is 202 g/mol. The summed E-state index contributed by atoms with van der Waals surface area (Å²) in [5, 5.41) is 1.57. The predicted octanol–water partition coefficient (Wildman–Crippen LogP) is 1.73. The van der Waals surface area contributed by atoms with Crippen LogP contribution in [0.4, 0.5) is 0 Å². The Hall–Kier alpha value is 0.270. The van der Waals surface area contributed by atoms with Crippen LogP contribution in [0.5, 0.6) is 0 Å². The zero-order valence-corrected chi connectivity index (χ0v) is 9.35. The molecule has 1 rings (SSSR count). The molecule has 2 nitrogen and oxygen atoms in total. The maximum atomic E-state index is 5.86. The Kier molecular flexibility index (Phi) is 5.14. The highest BCUT2D eigenvalue weighted by Gasteiger charge is 2.20. The molecule has 1 saturated carbocycles. The summed E-state index contributed by atoms with van der Waals surface area (Å²) in [5.74, 6) is 0. The van der Waals surface area contributed by atoms with Gasteiger partial charge in [0.1, 0.15) is 0 Å². The second-order valence-corrected chi connectivity index (χ2v) is 5.80. The topological polar surface area (TPSA) is 52.0 Å². The van der Waals surface area contributed by atoms with E-state index in [1.54, 1.807) is 0 Å². The molecule has 1 atom stereocenters. The van der Waals surface area contributed by atoms with Crippen LogP contribution in [0.25, 0.3) is 0 Å². The van der Waals surface area contributed by atoms with Gasteiger partial charge < -0.3 is 11.5 Å². The molecule has 0 spiro atoms. The van der Waals surface area contributed by atoms with Crippen LogP contribution in [0.15, 0.2) is 0 Å². The van der Waals surface area contributed by atoms with Gasteiger partial charge in [-0.3, -0.25) is 0 Å². The van der Waals surface area contributed by atoms with Gasteiger partial charge in [0.2, 0.25) is 0 Å². The first-order chi connectivity index (χ1) is 6.22. The third-order valence-electron chi connectivity index (χ3n) is 2.72. The molecule has 1 unspecified atom stereocenters. The van der Waals surface area contributed by atoms with E-state index < -0.39 is 0 Å². The van der Waals surface area contributed by atoms with E-state index in [0.29, 0.717) is 6.04 Å². The van der Waals surface area contributed by atoms with Crippen LogP contribution in [-0.4, -0.2) is 23.1 Å². The van der Waals surface area contributed by atoms with E-state index in [-0.39, 0.29) is 0 Å². The van der Waals surface area contributed by atoms with Crippen molar-refractivity contribution in [2.45, 2.75) is 55.6 Å². The standard InChI is InChI=1S/C10H22N2S/c1-8(6-7-11)13-10-4-2-9(12)3-5-10/h8-10H,2-7,11-12H2,1H3. The summed E-state index contributed by atoms with van der Waals surface area (Å²) in [4.78, 5) is 0. The fourth-order valence-corrected chi connectivity index (χ4v) is 3.33. The molecule has 4 N–H and O–H groups in total. The third-order valence-corrected chi connectivity index (χ3v) is 4.27. The summed E-state index contributed by atoms with van der Waals surface area (Å²) in [6.07, 6.45) is 6.19. The van der Waals surface area contributed by atoms with Gasteiger partial charge in [0.05, 0.1) is 0 Å². The van der Waals surface area contributed by atoms with Gasteiger partial charge in [-0.1, -0.05) is 6.92 Å². The van der Waals surface area contributed by atoms with Gasteiger partial charge in [-0.2, -0.15) is 11.8 Å². The molecule has 78 valence electrons. The highest BCUT2D eigenvalue weighted by Crippen LogP contribution is 2.31. The van der Waals surface area contributed by atoms with E-state index in [4.69, 9.17) is 11.5 Å². The van der Waals surface area contributed by atoms with E-state index in [1.165, 1.54) is 25.7 Å². The largest absolute Gasteiger partial charge is 0.330 e. The third kappa shape index (κ3) is 4.34. The smallest absolute Gasteiger partial charge is 0.00508 e. The molecule has 0 radical (unpaired) electrons. The highest BCUT2D eigenvalue weighted by molar-refractivity contribution is 8.00. The number of hydrogen-bond acceptors (Lipinski definition) is 3. The van der Waals surface area contributed by atoms with Crippen LogP contribution in [-0.2, 0) is 0 Å². The van der Waals surface area contributed by atoms with Gasteiger partial charge in [0.15, 0.2) is 0 Å². The first kappa shape index (κ1) is 11.3. The van der Waals surface area contributed by atoms with Gasteiger partial charge in [-0.25, -0.2) is 0 Å². The summed E-state index contributed by atoms with van der Waals surface area (Å²) in [5.41, 5.74) is 11.4. The molecule has 0 saturated heterocycles. The van der Waals surface area contributed by atoms with E-state index in [1.807, 2.05) is 0 Å². The minimum absolute atomic E-state index is 0.474. The van der Waals surface area contributed by atoms with Crippen LogP contribution in [0.2, 0.25) is 0 Å². The molecule has 3 heteroatoms. The Labute approximate surface area is 85.8 Å². The second-order valence-electron chi connectivity index (χ2n) is 4.06. The number of nitrogens with two attached hydrogens (primary N) is 2. The molecule has 0 aliphatic heterocycles. The summed E-state index contributed by atoms with van der Waals surface area (Å²) in [6, 6.07) is 0.474. The van der Waals surface area contributed by atoms with E-state index in [0.717, 1.165) is 23.5 Å². The van der Waals surface area contributed by atoms with Gasteiger partial charge in [0.25, 0.3) is 0 Å². The first-order valence-corrected chi connectivity index (χ1v) is 6.27. The van der Waals surface area contributed by atoms with Crippen molar-refractivity contribution in [3.8, 4) is 0 Å². The molecule has 1 fully saturated rings. The van der Waals surface area contributed by atoms with Gasteiger partial charge in [-0.15, -0.1) is 0 Å². The Morgan fingerprint density at radius 2 is 1.92 bits per heavy atom. The lowest BCUT2D eigenvalue weighted by atomic mass is 9.96. The second kappa shape index (κ2) is 5.89. The average Bonchev–Trinajstić information content (AvgIpc) is 2.09. The maximum Gasteiger partial charge on any atom is 0.00508 e. The molecule has 13 heavy (non-hydrogen) atoms. The van der Waals surface area contributed by atoms with Crippen LogP contribution < -0.4 is 11.5 Å². The van der Waals surface area contributed by atoms with Crippen molar-refractivity contribution in [3.05, 3.63) is 0 Å². The Bertz CT molecular complexity index is 133. The first-order valence-electron chi connectivity index (χ1n) is 5.33. The lowest BCUT2D eigenvalue weighted by Gasteiger charge is -2.27. The summed E-state index contributed by atoms with van der Waals surface area (Å²) in [7, 11) is 0. The van der Waals surface area contributed by atoms with Crippen LogP contribution in [0.3, 0.4) is 0 Å². The molecule has 0 bridgehead atoms. The summed E-state index contributed by atoms with van der Waals surface area (Å²) < 4.78 is 0. The van der Waals surface area contributed by atoms with Crippen molar-refractivity contribution in [1.82, 2.24) is 0 Å². The van der Waals surface area contributed by atoms with E-state index in [2.05, 4.69) is 18.7 Å². The van der Waals surface area contributed by atoms with Crippen molar-refractivity contribution in [3.63, 3.8) is 0 Å². The maximum absolute atomic E-state index is 5.86. The Balaban J connectivity index is 2.14. The number of thioether (sulfide) groups is 1. The van der Waals surface area contributed by atoms with Crippen molar-refractivity contribution < 1.29 is 0 Å². The fraction of sp³-hybridized carbons (Fsp3) is 1.00. The summed E-state index contributed by atoms with van der Waals surface area (Å²) >= 11 is 2.11. The molecule has 0 amide bonds. The molecular weight excluding hydrogens is 180 g/mol. The normalized spacial score (nSPS) is 31.6. The van der Waals surface area contributed by atoms with Crippen LogP contribution >= 0.6 is 11.8 Å². The van der Waals surface area contributed by atoms with Crippen LogP contribution in [0, 0.1) is 0 Å². The van der Waals surface area contributed by atoms with Gasteiger partial charge in [-0.05, 0) is 38.6 Å². The molecule has 0 aromatic heterocycles. The minimum atomic E-state index is 0.474. The number of hydrogen-bond donors (Lipinski definition) is 2. The van der Waals surface area contributed by atoms with Crippen molar-refractivity contribution in [2.24, 2.45) is 11.5 Å². The lowest BCUT2D eigenvalue weighted by molar-refractivity contribution is 0.450. The molecule has 0 heterocycles. The zero-order chi connectivity index (χ0) is 9.68. The van der Waals surface area contributed by atoms with Crippen molar-refractivity contribution in [2.75, 3.05) is 6.54 Å². The van der Waals surface area contributed by atoms with Crippen molar-refractivity contribution in [1.29, 1.82) is 0 Å². The number of rotatable bonds is 4. The quantitative estimate of drug-likeness (QED) is 0.730. The predicted molar refractivity (Wildman–Crippen MR) is 61.0 cm³/mol. The molecule has 1 aliphatic rings. The zero-order valence-electron chi connectivity index (χ0n) is 8.54. The highest BCUT2D eigenvalue weighted by atomic mass is 32.2. The Morgan fingerprint density at radius 1 is 1.31 bits per heavy atom. The van der Waals surface area contributed by atoms with Crippen molar-refractivity contribution >= 4 is 11.8 Å². The molecular formula is C10H22N2S. The van der Waals surface area contributed by atoms with Crippen LogP contribution in [0.1, 0.15) is 39.0 Å². The molecule has 0 aromatic carbocycles. The molecule has 1 aliphatic carbocycles. The molecule has 0 aromatic rings. The minimum Gasteiger partial charge on any atom is -0.330 e. The van der Waals surface area contributed by atoms with Gasteiger partial charge in [0, 0.05) is 16.5 Å². The SMILES string of the molecule is CC(CCN)SC1CCC(N)CC1. The summed E-state index contributed by atoms with van der Waals surface area (Å²) in [6.45, 7) is 3.10. The van der Waals surface area contributed by atoms with E-state index in [9.17, 15) is 0 Å². The Morgan fingerprint density at radius 3 is 2.46 bits per heavy atom. The lowest BCUT2D eigenvalue weighted by Crippen LogP contribution is -2.28. The van der Waals surface area contributed by atoms with Gasteiger partial charge >= 0.3 is 0 Å². The van der Waals surface area contributed by atoms with E-state index >= 15 is 0 Å². The monoisotopic (exact) mass is 202 g/mol.